The number of carbonyl (C=O) groups excluding carboxylic acids is 1. The molecule has 1 aromatic carbocycles. The molecule has 1 aromatic heterocycles. The molecule has 5 heteroatoms. The van der Waals surface area contributed by atoms with E-state index >= 15 is 0 Å². The first-order valence-corrected chi connectivity index (χ1v) is 6.26. The van der Waals surface area contributed by atoms with Crippen molar-refractivity contribution in [3.8, 4) is 0 Å². The van der Waals surface area contributed by atoms with Crippen LogP contribution in [0, 0.1) is 0 Å². The van der Waals surface area contributed by atoms with Crippen LogP contribution in [0.2, 0.25) is 10.0 Å². The number of nitrogens with one attached hydrogen (secondary N) is 1. The van der Waals surface area contributed by atoms with Crippen molar-refractivity contribution in [2.24, 2.45) is 0 Å². The van der Waals surface area contributed by atoms with Crippen molar-refractivity contribution >= 4 is 34.8 Å². The van der Waals surface area contributed by atoms with E-state index in [2.05, 4.69) is 10.3 Å². The lowest BCUT2D eigenvalue weighted by Gasteiger charge is -2.01. The van der Waals surface area contributed by atoms with Gasteiger partial charge in [0.05, 0.1) is 5.02 Å². The number of rotatable bonds is 4. The Morgan fingerprint density at radius 1 is 1.21 bits per heavy atom. The summed E-state index contributed by atoms with van der Waals surface area (Å²) in [6.07, 6.45) is 4.58. The predicted molar refractivity (Wildman–Crippen MR) is 77.8 cm³/mol. The van der Waals surface area contributed by atoms with Crippen LogP contribution in [0.4, 0.5) is 5.82 Å². The molecule has 1 heterocycles. The van der Waals surface area contributed by atoms with Crippen LogP contribution in [0.1, 0.15) is 10.4 Å². The highest BCUT2D eigenvalue weighted by Crippen LogP contribution is 2.21. The lowest BCUT2D eigenvalue weighted by Crippen LogP contribution is -1.98. The highest BCUT2D eigenvalue weighted by atomic mass is 35.5. The van der Waals surface area contributed by atoms with Crippen LogP contribution in [0.15, 0.2) is 54.9 Å². The number of aromatic nitrogens is 1. The fourth-order valence-corrected chi connectivity index (χ4v) is 1.93. The number of allylic oxidation sites excluding steroid dienone is 1. The number of carbonyl (C=O) groups is 1. The van der Waals surface area contributed by atoms with Gasteiger partial charge < -0.3 is 5.32 Å². The number of benzene rings is 1. The third-order valence-corrected chi connectivity index (χ3v) is 2.88. The molecule has 19 heavy (non-hydrogen) atoms. The van der Waals surface area contributed by atoms with Crippen LogP contribution in [-0.4, -0.2) is 10.8 Å². The third kappa shape index (κ3) is 3.81. The molecule has 1 N–H and O–H groups in total. The van der Waals surface area contributed by atoms with Gasteiger partial charge in [-0.3, -0.25) is 4.79 Å². The summed E-state index contributed by atoms with van der Waals surface area (Å²) in [4.78, 5) is 16.0. The van der Waals surface area contributed by atoms with E-state index in [0.29, 0.717) is 21.4 Å². The molecule has 0 spiro atoms. The van der Waals surface area contributed by atoms with Gasteiger partial charge in [0.2, 0.25) is 0 Å². The summed E-state index contributed by atoms with van der Waals surface area (Å²) >= 11 is 11.7. The number of hydrogen-bond acceptors (Lipinski definition) is 3. The van der Waals surface area contributed by atoms with E-state index in [-0.39, 0.29) is 5.78 Å². The smallest absolute Gasteiger partial charge is 0.188 e. The average Bonchev–Trinajstić information content (AvgIpc) is 2.39. The number of hydrogen-bond donors (Lipinski definition) is 1. The molecule has 0 amide bonds. The quantitative estimate of drug-likeness (QED) is 0.678. The summed E-state index contributed by atoms with van der Waals surface area (Å²) in [7, 11) is 0. The Labute approximate surface area is 120 Å². The monoisotopic (exact) mass is 292 g/mol. The summed E-state index contributed by atoms with van der Waals surface area (Å²) in [6, 6.07) is 10.2. The summed E-state index contributed by atoms with van der Waals surface area (Å²) < 4.78 is 0. The molecule has 3 nitrogen and oxygen atoms in total. The zero-order valence-corrected chi connectivity index (χ0v) is 11.3. The molecule has 0 saturated heterocycles. The lowest BCUT2D eigenvalue weighted by atomic mass is 10.1. The van der Waals surface area contributed by atoms with Crippen molar-refractivity contribution in [1.29, 1.82) is 0 Å². The number of anilines is 1. The topological polar surface area (TPSA) is 42.0 Å². The Balaban J connectivity index is 2.05. The van der Waals surface area contributed by atoms with Gasteiger partial charge in [-0.25, -0.2) is 4.98 Å². The molecule has 0 saturated carbocycles. The number of pyridine rings is 1. The fraction of sp³-hybridized carbons (Fsp3) is 0. The van der Waals surface area contributed by atoms with Crippen LogP contribution in [0.3, 0.4) is 0 Å². The minimum absolute atomic E-state index is 0.204. The first-order valence-electron chi connectivity index (χ1n) is 5.50. The van der Waals surface area contributed by atoms with Crippen LogP contribution in [0.5, 0.6) is 0 Å². The van der Waals surface area contributed by atoms with E-state index in [1.54, 1.807) is 24.4 Å². The summed E-state index contributed by atoms with van der Waals surface area (Å²) in [6.45, 7) is 0. The standard InChI is InChI=1S/C14H10Cl2N2O/c15-10-4-5-11(12(16)9-10)13(19)6-8-18-14-3-1-2-7-17-14/h1-9H,(H,17,18)/b8-6+. The van der Waals surface area contributed by atoms with Gasteiger partial charge in [-0.2, -0.15) is 0 Å². The normalized spacial score (nSPS) is 10.6. The summed E-state index contributed by atoms with van der Waals surface area (Å²) in [5.41, 5.74) is 0.408. The molecule has 0 fully saturated rings. The van der Waals surface area contributed by atoms with Crippen molar-refractivity contribution in [3.05, 3.63) is 70.5 Å². The van der Waals surface area contributed by atoms with Crippen LogP contribution < -0.4 is 5.32 Å². The maximum absolute atomic E-state index is 11.9. The Hall–Kier alpha value is -1.84. The Morgan fingerprint density at radius 2 is 2.05 bits per heavy atom. The maximum Gasteiger partial charge on any atom is 0.188 e. The summed E-state index contributed by atoms with van der Waals surface area (Å²) in [5, 5.41) is 3.73. The third-order valence-electron chi connectivity index (χ3n) is 2.33. The second kappa shape index (κ2) is 6.36. The molecule has 0 aliphatic carbocycles. The van der Waals surface area contributed by atoms with Crippen LogP contribution in [0.25, 0.3) is 0 Å². The number of halogens is 2. The van der Waals surface area contributed by atoms with Gasteiger partial charge in [0, 0.05) is 29.1 Å². The summed E-state index contributed by atoms with van der Waals surface area (Å²) in [5.74, 6) is 0.457. The van der Waals surface area contributed by atoms with E-state index in [1.807, 2.05) is 12.1 Å². The van der Waals surface area contributed by atoms with E-state index in [0.717, 1.165) is 0 Å². The predicted octanol–water partition coefficient (Wildman–Crippen LogP) is 4.20. The second-order valence-electron chi connectivity index (χ2n) is 3.68. The second-order valence-corrected chi connectivity index (χ2v) is 4.52. The van der Waals surface area contributed by atoms with Gasteiger partial charge in [-0.15, -0.1) is 0 Å². The Bertz CT molecular complexity index is 612. The number of nitrogens with zero attached hydrogens (tertiary/aromatic N) is 1. The minimum Gasteiger partial charge on any atom is -0.347 e. The van der Waals surface area contributed by atoms with Gasteiger partial charge in [0.1, 0.15) is 5.82 Å². The molecule has 0 aliphatic rings. The van der Waals surface area contributed by atoms with E-state index in [1.165, 1.54) is 18.3 Å². The van der Waals surface area contributed by atoms with Gasteiger partial charge >= 0.3 is 0 Å². The van der Waals surface area contributed by atoms with Crippen LogP contribution >= 0.6 is 23.2 Å². The SMILES string of the molecule is O=C(/C=C/Nc1ccccn1)c1ccc(Cl)cc1Cl. The molecule has 2 rings (SSSR count). The van der Waals surface area contributed by atoms with E-state index in [9.17, 15) is 4.79 Å². The lowest BCUT2D eigenvalue weighted by molar-refractivity contribution is 0.104. The average molecular weight is 293 g/mol. The Morgan fingerprint density at radius 3 is 2.74 bits per heavy atom. The van der Waals surface area contributed by atoms with Gasteiger partial charge in [0.25, 0.3) is 0 Å². The van der Waals surface area contributed by atoms with Crippen molar-refractivity contribution in [2.45, 2.75) is 0 Å². The van der Waals surface area contributed by atoms with Gasteiger partial charge in [-0.1, -0.05) is 29.3 Å². The van der Waals surface area contributed by atoms with Crippen molar-refractivity contribution in [2.75, 3.05) is 5.32 Å². The van der Waals surface area contributed by atoms with Gasteiger partial charge in [-0.05, 0) is 30.3 Å². The van der Waals surface area contributed by atoms with Crippen molar-refractivity contribution < 1.29 is 4.79 Å². The maximum atomic E-state index is 11.9. The highest BCUT2D eigenvalue weighted by Gasteiger charge is 2.07. The molecule has 0 atom stereocenters. The fourth-order valence-electron chi connectivity index (χ4n) is 1.43. The van der Waals surface area contributed by atoms with E-state index < -0.39 is 0 Å². The van der Waals surface area contributed by atoms with Crippen LogP contribution in [-0.2, 0) is 0 Å². The molecular formula is C14H10Cl2N2O. The Kier molecular flexibility index (Phi) is 4.55. The molecule has 0 aliphatic heterocycles. The zero-order valence-electron chi connectivity index (χ0n) is 9.81. The highest BCUT2D eigenvalue weighted by molar-refractivity contribution is 6.37. The molecule has 0 bridgehead atoms. The first kappa shape index (κ1) is 13.6. The molecule has 2 aromatic rings. The molecule has 0 radical (unpaired) electrons. The molecular weight excluding hydrogens is 283 g/mol. The minimum atomic E-state index is -0.204. The van der Waals surface area contributed by atoms with E-state index in [4.69, 9.17) is 23.2 Å². The first-order chi connectivity index (χ1) is 9.16. The largest absolute Gasteiger partial charge is 0.347 e. The molecule has 0 unspecified atom stereocenters. The van der Waals surface area contributed by atoms with Gasteiger partial charge in [0.15, 0.2) is 5.78 Å². The number of ketones is 1. The van der Waals surface area contributed by atoms with Crippen molar-refractivity contribution in [1.82, 2.24) is 4.98 Å². The zero-order chi connectivity index (χ0) is 13.7. The molecule has 96 valence electrons. The van der Waals surface area contributed by atoms with Crippen molar-refractivity contribution in [3.63, 3.8) is 0 Å².